The van der Waals surface area contributed by atoms with Crippen LogP contribution >= 0.6 is 15.9 Å². The van der Waals surface area contributed by atoms with Gasteiger partial charge in [0.05, 0.1) is 5.60 Å². The maximum absolute atomic E-state index is 12.4. The van der Waals surface area contributed by atoms with Crippen molar-refractivity contribution >= 4 is 15.9 Å². The van der Waals surface area contributed by atoms with Crippen molar-refractivity contribution in [1.82, 2.24) is 0 Å². The van der Waals surface area contributed by atoms with Gasteiger partial charge in [0.2, 0.25) is 0 Å². The van der Waals surface area contributed by atoms with E-state index in [-0.39, 0.29) is 5.56 Å². The Balaban J connectivity index is 3.13. The topological polar surface area (TPSA) is 20.2 Å². The summed E-state index contributed by atoms with van der Waals surface area (Å²) in [4.78, 5) is 0. The van der Waals surface area contributed by atoms with E-state index < -0.39 is 12.0 Å². The van der Waals surface area contributed by atoms with Gasteiger partial charge >= 0.3 is 0 Å². The molecule has 0 aliphatic rings. The third-order valence-corrected chi connectivity index (χ3v) is 2.63. The Morgan fingerprint density at radius 1 is 1.36 bits per heavy atom. The molecule has 1 nitrogen and oxygen atoms in total. The highest BCUT2D eigenvalue weighted by Crippen LogP contribution is 2.31. The molecule has 1 rings (SSSR count). The molecule has 0 aliphatic heterocycles. The molecule has 1 aromatic carbocycles. The van der Waals surface area contributed by atoms with Crippen LogP contribution in [0.5, 0.6) is 0 Å². The van der Waals surface area contributed by atoms with Gasteiger partial charge in [-0.3, -0.25) is 0 Å². The second kappa shape index (κ2) is 3.95. The maximum Gasteiger partial charge on any atom is 0.264 e. The number of rotatable bonds is 2. The van der Waals surface area contributed by atoms with Gasteiger partial charge in [-0.2, -0.15) is 0 Å². The maximum atomic E-state index is 12.4. The first-order valence-corrected chi connectivity index (χ1v) is 4.92. The monoisotopic (exact) mass is 264 g/mol. The summed E-state index contributed by atoms with van der Waals surface area (Å²) in [7, 11) is 0. The second-order valence-corrected chi connectivity index (χ2v) is 4.45. The van der Waals surface area contributed by atoms with Crippen molar-refractivity contribution in [2.45, 2.75) is 25.9 Å². The number of benzene rings is 1. The lowest BCUT2D eigenvalue weighted by molar-refractivity contribution is 0.0783. The predicted octanol–water partition coefficient (Wildman–Crippen LogP) is 3.61. The Bertz CT molecular complexity index is 331. The predicted molar refractivity (Wildman–Crippen MR) is 54.3 cm³/mol. The molecule has 0 radical (unpaired) electrons. The van der Waals surface area contributed by atoms with E-state index in [1.165, 1.54) is 18.2 Å². The van der Waals surface area contributed by atoms with E-state index in [2.05, 4.69) is 15.9 Å². The van der Waals surface area contributed by atoms with Gasteiger partial charge in [-0.1, -0.05) is 28.1 Å². The molecule has 0 heterocycles. The molecular weight excluding hydrogens is 254 g/mol. The largest absolute Gasteiger partial charge is 0.386 e. The third kappa shape index (κ3) is 2.51. The van der Waals surface area contributed by atoms with Crippen LogP contribution in [-0.2, 0) is 5.60 Å². The van der Waals surface area contributed by atoms with Gasteiger partial charge in [-0.15, -0.1) is 0 Å². The first-order valence-electron chi connectivity index (χ1n) is 4.13. The zero-order chi connectivity index (χ0) is 10.9. The van der Waals surface area contributed by atoms with Crippen LogP contribution in [-0.4, -0.2) is 5.11 Å². The minimum atomic E-state index is -2.50. The normalized spacial score (nSPS) is 12.2. The van der Waals surface area contributed by atoms with Gasteiger partial charge in [0.1, 0.15) is 0 Å². The second-order valence-electron chi connectivity index (χ2n) is 3.60. The van der Waals surface area contributed by atoms with E-state index in [4.69, 9.17) is 0 Å². The average Bonchev–Trinajstić information content (AvgIpc) is 2.01. The first-order chi connectivity index (χ1) is 6.32. The number of halogens is 3. The van der Waals surface area contributed by atoms with Crippen LogP contribution in [0.3, 0.4) is 0 Å². The summed E-state index contributed by atoms with van der Waals surface area (Å²) < 4.78 is 25.1. The lowest BCUT2D eigenvalue weighted by Gasteiger charge is -2.18. The van der Waals surface area contributed by atoms with Crippen molar-refractivity contribution in [1.29, 1.82) is 0 Å². The standard InChI is InChI=1S/C10H11BrF2O/c1-10(2,14)6-3-4-7(9(12)13)8(11)5-6/h3-5,9,14H,1-2H3. The molecular formula is C10H11BrF2O. The van der Waals surface area contributed by atoms with E-state index in [0.717, 1.165) is 0 Å². The highest BCUT2D eigenvalue weighted by Gasteiger charge is 2.19. The van der Waals surface area contributed by atoms with Gasteiger partial charge in [-0.25, -0.2) is 8.78 Å². The van der Waals surface area contributed by atoms with Crippen LogP contribution in [0.1, 0.15) is 31.4 Å². The average molecular weight is 265 g/mol. The fourth-order valence-electron chi connectivity index (χ4n) is 1.08. The SMILES string of the molecule is CC(C)(O)c1ccc(C(F)F)c(Br)c1. The summed E-state index contributed by atoms with van der Waals surface area (Å²) in [5.41, 5.74) is -0.463. The molecule has 0 unspecified atom stereocenters. The Morgan fingerprint density at radius 3 is 2.29 bits per heavy atom. The minimum absolute atomic E-state index is 0.0574. The van der Waals surface area contributed by atoms with E-state index in [0.29, 0.717) is 10.0 Å². The van der Waals surface area contributed by atoms with E-state index in [1.807, 2.05) is 0 Å². The number of alkyl halides is 2. The van der Waals surface area contributed by atoms with Crippen LogP contribution in [0.25, 0.3) is 0 Å². The summed E-state index contributed by atoms with van der Waals surface area (Å²) in [6, 6.07) is 4.34. The molecule has 78 valence electrons. The van der Waals surface area contributed by atoms with Crippen molar-refractivity contribution < 1.29 is 13.9 Å². The summed E-state index contributed by atoms with van der Waals surface area (Å²) in [6.45, 7) is 3.22. The molecule has 0 atom stereocenters. The lowest BCUT2D eigenvalue weighted by atomic mass is 9.97. The van der Waals surface area contributed by atoms with Crippen LogP contribution < -0.4 is 0 Å². The number of aliphatic hydroxyl groups is 1. The fraction of sp³-hybridized carbons (Fsp3) is 0.400. The van der Waals surface area contributed by atoms with Crippen molar-refractivity contribution in [2.24, 2.45) is 0 Å². The van der Waals surface area contributed by atoms with Gasteiger partial charge in [0.15, 0.2) is 0 Å². The first kappa shape index (κ1) is 11.6. The molecule has 0 amide bonds. The van der Waals surface area contributed by atoms with Crippen molar-refractivity contribution in [3.8, 4) is 0 Å². The van der Waals surface area contributed by atoms with Gasteiger partial charge in [0.25, 0.3) is 6.43 Å². The van der Waals surface area contributed by atoms with Crippen LogP contribution in [0.2, 0.25) is 0 Å². The zero-order valence-corrected chi connectivity index (χ0v) is 9.48. The third-order valence-electron chi connectivity index (χ3n) is 1.94. The van der Waals surface area contributed by atoms with Gasteiger partial charge < -0.3 is 5.11 Å². The molecule has 0 aliphatic carbocycles. The zero-order valence-electron chi connectivity index (χ0n) is 7.89. The molecule has 1 N–H and O–H groups in total. The molecule has 0 saturated carbocycles. The highest BCUT2D eigenvalue weighted by atomic mass is 79.9. The van der Waals surface area contributed by atoms with E-state index in [9.17, 15) is 13.9 Å². The fourth-order valence-corrected chi connectivity index (χ4v) is 1.64. The Morgan fingerprint density at radius 2 is 1.93 bits per heavy atom. The van der Waals surface area contributed by atoms with Crippen LogP contribution in [0.15, 0.2) is 22.7 Å². The molecule has 4 heteroatoms. The molecule has 0 spiro atoms. The van der Waals surface area contributed by atoms with Crippen LogP contribution in [0, 0.1) is 0 Å². The summed E-state index contributed by atoms with van der Waals surface area (Å²) in [5, 5.41) is 9.63. The molecule has 1 aromatic rings. The van der Waals surface area contributed by atoms with Crippen molar-refractivity contribution in [3.05, 3.63) is 33.8 Å². The smallest absolute Gasteiger partial charge is 0.264 e. The summed E-state index contributed by atoms with van der Waals surface area (Å²) in [5.74, 6) is 0. The molecule has 0 bridgehead atoms. The van der Waals surface area contributed by atoms with E-state index in [1.54, 1.807) is 13.8 Å². The lowest BCUT2D eigenvalue weighted by Crippen LogP contribution is -2.15. The highest BCUT2D eigenvalue weighted by molar-refractivity contribution is 9.10. The van der Waals surface area contributed by atoms with Gasteiger partial charge in [-0.05, 0) is 25.5 Å². The molecule has 14 heavy (non-hydrogen) atoms. The van der Waals surface area contributed by atoms with Crippen LogP contribution in [0.4, 0.5) is 8.78 Å². The van der Waals surface area contributed by atoms with E-state index >= 15 is 0 Å². The number of hydrogen-bond acceptors (Lipinski definition) is 1. The number of hydrogen-bond donors (Lipinski definition) is 1. The minimum Gasteiger partial charge on any atom is -0.386 e. The molecule has 0 saturated heterocycles. The molecule has 0 fully saturated rings. The summed E-state index contributed by atoms with van der Waals surface area (Å²) >= 11 is 3.05. The van der Waals surface area contributed by atoms with Crippen molar-refractivity contribution in [2.75, 3.05) is 0 Å². The quantitative estimate of drug-likeness (QED) is 0.865. The summed E-state index contributed by atoms with van der Waals surface area (Å²) in [6.07, 6.45) is -2.50. The molecule has 0 aromatic heterocycles. The Hall–Kier alpha value is -0.480. The van der Waals surface area contributed by atoms with Gasteiger partial charge in [0, 0.05) is 10.0 Å². The Kier molecular flexibility index (Phi) is 3.27. The van der Waals surface area contributed by atoms with Crippen molar-refractivity contribution in [3.63, 3.8) is 0 Å². The Labute approximate surface area is 89.9 Å².